The Morgan fingerprint density at radius 1 is 1.21 bits per heavy atom. The molecule has 0 unspecified atom stereocenters. The van der Waals surface area contributed by atoms with E-state index in [4.69, 9.17) is 0 Å². The lowest BCUT2D eigenvalue weighted by molar-refractivity contribution is 0.831. The van der Waals surface area contributed by atoms with Crippen molar-refractivity contribution in [2.45, 2.75) is 12.2 Å². The zero-order valence-corrected chi connectivity index (χ0v) is 11.6. The maximum atomic E-state index is 4.67. The summed E-state index contributed by atoms with van der Waals surface area (Å²) in [7, 11) is 2.05. The topological polar surface area (TPSA) is 30.7 Å². The first kappa shape index (κ1) is 12.2. The average molecular weight is 269 g/mol. The van der Waals surface area contributed by atoms with Crippen molar-refractivity contribution >= 4 is 23.7 Å². The predicted octanol–water partition coefficient (Wildman–Crippen LogP) is 2.99. The minimum atomic E-state index is 0.734. The van der Waals surface area contributed by atoms with Gasteiger partial charge in [0.15, 0.2) is 0 Å². The van der Waals surface area contributed by atoms with Crippen molar-refractivity contribution in [2.24, 2.45) is 7.05 Å². The van der Waals surface area contributed by atoms with E-state index >= 15 is 0 Å². The van der Waals surface area contributed by atoms with Crippen LogP contribution in [0.25, 0.3) is 11.0 Å². The van der Waals surface area contributed by atoms with Crippen LogP contribution in [-0.4, -0.2) is 14.5 Å². The number of thiol groups is 1. The summed E-state index contributed by atoms with van der Waals surface area (Å²) in [6, 6.07) is 12.3. The molecule has 4 heteroatoms. The lowest BCUT2D eigenvalue weighted by Crippen LogP contribution is -2.01. The van der Waals surface area contributed by atoms with Crippen molar-refractivity contribution in [3.05, 3.63) is 59.7 Å². The molecule has 0 aliphatic rings. The van der Waals surface area contributed by atoms with Crippen molar-refractivity contribution < 1.29 is 0 Å². The van der Waals surface area contributed by atoms with E-state index in [1.165, 1.54) is 5.56 Å². The standard InChI is InChI=1S/C15H15N3S/c1-18-14-5-3-2-4-13(14)17-15(18)9-12-8-11(10-19)6-7-16-12/h2-8,19H,9-10H2,1H3. The highest BCUT2D eigenvalue weighted by Crippen LogP contribution is 2.16. The Morgan fingerprint density at radius 3 is 2.84 bits per heavy atom. The van der Waals surface area contributed by atoms with Crippen LogP contribution in [0.15, 0.2) is 42.6 Å². The summed E-state index contributed by atoms with van der Waals surface area (Å²) in [5, 5.41) is 0. The van der Waals surface area contributed by atoms with Gasteiger partial charge in [-0.15, -0.1) is 0 Å². The van der Waals surface area contributed by atoms with Gasteiger partial charge in [-0.05, 0) is 29.8 Å². The second kappa shape index (κ2) is 5.05. The first-order valence-corrected chi connectivity index (χ1v) is 6.86. The van der Waals surface area contributed by atoms with E-state index in [0.717, 1.165) is 34.7 Å². The SMILES string of the molecule is Cn1c(Cc2cc(CS)ccn2)nc2ccccc21. The van der Waals surface area contributed by atoms with Crippen LogP contribution < -0.4 is 0 Å². The second-order valence-corrected chi connectivity index (χ2v) is 4.88. The van der Waals surface area contributed by atoms with Crippen molar-refractivity contribution in [3.63, 3.8) is 0 Å². The van der Waals surface area contributed by atoms with E-state index in [0.29, 0.717) is 0 Å². The molecule has 0 radical (unpaired) electrons. The summed E-state index contributed by atoms with van der Waals surface area (Å²) < 4.78 is 2.13. The second-order valence-electron chi connectivity index (χ2n) is 4.57. The van der Waals surface area contributed by atoms with Gasteiger partial charge < -0.3 is 4.57 Å². The number of fused-ring (bicyclic) bond motifs is 1. The lowest BCUT2D eigenvalue weighted by atomic mass is 10.2. The molecule has 1 aromatic carbocycles. The zero-order chi connectivity index (χ0) is 13.2. The maximum Gasteiger partial charge on any atom is 0.115 e. The highest BCUT2D eigenvalue weighted by Gasteiger charge is 2.08. The molecule has 0 bridgehead atoms. The van der Waals surface area contributed by atoms with Gasteiger partial charge >= 0.3 is 0 Å². The molecule has 0 aliphatic heterocycles. The fourth-order valence-corrected chi connectivity index (χ4v) is 2.44. The average Bonchev–Trinajstić information content (AvgIpc) is 2.76. The molecule has 0 atom stereocenters. The first-order chi connectivity index (χ1) is 9.28. The van der Waals surface area contributed by atoms with Crippen LogP contribution in [0.5, 0.6) is 0 Å². The van der Waals surface area contributed by atoms with Crippen LogP contribution in [0, 0.1) is 0 Å². The van der Waals surface area contributed by atoms with Crippen LogP contribution in [0.2, 0.25) is 0 Å². The summed E-state index contributed by atoms with van der Waals surface area (Å²) in [5.41, 5.74) is 4.41. The number of pyridine rings is 1. The van der Waals surface area contributed by atoms with Crippen LogP contribution in [0.4, 0.5) is 0 Å². The molecule has 0 amide bonds. The van der Waals surface area contributed by atoms with E-state index in [9.17, 15) is 0 Å². The Kier molecular flexibility index (Phi) is 3.25. The Bertz CT molecular complexity index is 718. The zero-order valence-electron chi connectivity index (χ0n) is 10.7. The Balaban J connectivity index is 1.98. The van der Waals surface area contributed by atoms with E-state index in [1.807, 2.05) is 37.5 Å². The van der Waals surface area contributed by atoms with Gasteiger partial charge in [-0.1, -0.05) is 12.1 Å². The van der Waals surface area contributed by atoms with Crippen LogP contribution in [0.3, 0.4) is 0 Å². The third kappa shape index (κ3) is 2.36. The molecule has 0 fully saturated rings. The molecular weight excluding hydrogens is 254 g/mol. The largest absolute Gasteiger partial charge is 0.331 e. The number of benzene rings is 1. The van der Waals surface area contributed by atoms with E-state index in [-0.39, 0.29) is 0 Å². The van der Waals surface area contributed by atoms with Gasteiger partial charge in [-0.3, -0.25) is 4.98 Å². The van der Waals surface area contributed by atoms with E-state index in [1.54, 1.807) is 0 Å². The van der Waals surface area contributed by atoms with Crippen molar-refractivity contribution in [2.75, 3.05) is 0 Å². The molecule has 0 aliphatic carbocycles. The van der Waals surface area contributed by atoms with Crippen molar-refractivity contribution in [3.8, 4) is 0 Å². The molecule has 2 heterocycles. The third-order valence-corrected chi connectivity index (χ3v) is 3.65. The number of hydrogen-bond acceptors (Lipinski definition) is 3. The molecule has 0 N–H and O–H groups in total. The van der Waals surface area contributed by atoms with Crippen LogP contribution in [0.1, 0.15) is 17.1 Å². The summed E-state index contributed by atoms with van der Waals surface area (Å²) in [5.74, 6) is 1.77. The maximum absolute atomic E-state index is 4.67. The highest BCUT2D eigenvalue weighted by molar-refractivity contribution is 7.79. The normalized spacial score (nSPS) is 11.1. The molecular formula is C15H15N3S. The number of aromatic nitrogens is 3. The predicted molar refractivity (Wildman–Crippen MR) is 80.4 cm³/mol. The van der Waals surface area contributed by atoms with Gasteiger partial charge in [0.05, 0.1) is 11.0 Å². The van der Waals surface area contributed by atoms with Gasteiger partial charge in [0.1, 0.15) is 5.82 Å². The summed E-state index contributed by atoms with van der Waals surface area (Å²) in [4.78, 5) is 9.07. The molecule has 3 nitrogen and oxygen atoms in total. The number of hydrogen-bond donors (Lipinski definition) is 1. The smallest absolute Gasteiger partial charge is 0.115 e. The number of imidazole rings is 1. The van der Waals surface area contributed by atoms with E-state index < -0.39 is 0 Å². The molecule has 0 saturated carbocycles. The first-order valence-electron chi connectivity index (χ1n) is 6.23. The Morgan fingerprint density at radius 2 is 2.05 bits per heavy atom. The van der Waals surface area contributed by atoms with Crippen LogP contribution >= 0.6 is 12.6 Å². The minimum Gasteiger partial charge on any atom is -0.331 e. The quantitative estimate of drug-likeness (QED) is 0.741. The monoisotopic (exact) mass is 269 g/mol. The molecule has 19 heavy (non-hydrogen) atoms. The summed E-state index contributed by atoms with van der Waals surface area (Å²) >= 11 is 4.30. The van der Waals surface area contributed by atoms with Crippen molar-refractivity contribution in [1.82, 2.24) is 14.5 Å². The third-order valence-electron chi connectivity index (χ3n) is 3.28. The van der Waals surface area contributed by atoms with Gasteiger partial charge in [-0.2, -0.15) is 12.6 Å². The number of para-hydroxylation sites is 2. The Hall–Kier alpha value is -1.81. The van der Waals surface area contributed by atoms with Gasteiger partial charge in [-0.25, -0.2) is 4.98 Å². The molecule has 96 valence electrons. The molecule has 2 aromatic heterocycles. The molecule has 3 aromatic rings. The summed E-state index contributed by atoms with van der Waals surface area (Å²) in [6.45, 7) is 0. The fraction of sp³-hybridized carbons (Fsp3) is 0.200. The lowest BCUT2D eigenvalue weighted by Gasteiger charge is -2.03. The number of nitrogens with zero attached hydrogens (tertiary/aromatic N) is 3. The highest BCUT2D eigenvalue weighted by atomic mass is 32.1. The van der Waals surface area contributed by atoms with Crippen molar-refractivity contribution in [1.29, 1.82) is 0 Å². The number of aryl methyl sites for hydroxylation is 1. The minimum absolute atomic E-state index is 0.734. The molecule has 0 saturated heterocycles. The fourth-order valence-electron chi connectivity index (χ4n) is 2.24. The molecule has 0 spiro atoms. The van der Waals surface area contributed by atoms with E-state index in [2.05, 4.69) is 39.3 Å². The summed E-state index contributed by atoms with van der Waals surface area (Å²) in [6.07, 6.45) is 2.58. The van der Waals surface area contributed by atoms with Gasteiger partial charge in [0.2, 0.25) is 0 Å². The number of rotatable bonds is 3. The van der Waals surface area contributed by atoms with Crippen LogP contribution in [-0.2, 0) is 19.2 Å². The van der Waals surface area contributed by atoms with Gasteiger partial charge in [0.25, 0.3) is 0 Å². The molecule has 3 rings (SSSR count). The van der Waals surface area contributed by atoms with Gasteiger partial charge in [0, 0.05) is 31.1 Å². The Labute approximate surface area is 117 Å².